The van der Waals surface area contributed by atoms with Gasteiger partial charge < -0.3 is 20.1 Å². The van der Waals surface area contributed by atoms with Crippen molar-refractivity contribution in [3.05, 3.63) is 41.9 Å². The summed E-state index contributed by atoms with van der Waals surface area (Å²) in [6.45, 7) is 5.86. The van der Waals surface area contributed by atoms with Gasteiger partial charge in [-0.2, -0.15) is 0 Å². The molecule has 29 heavy (non-hydrogen) atoms. The molecule has 0 saturated carbocycles. The highest BCUT2D eigenvalue weighted by molar-refractivity contribution is 5.95. The maximum absolute atomic E-state index is 13.0. The maximum Gasteiger partial charge on any atom is 0.254 e. The summed E-state index contributed by atoms with van der Waals surface area (Å²) in [7, 11) is 3.60. The number of rotatable bonds is 7. The van der Waals surface area contributed by atoms with Gasteiger partial charge in [0.05, 0.1) is 19.8 Å². The van der Waals surface area contributed by atoms with Crippen molar-refractivity contribution in [3.63, 3.8) is 0 Å². The number of nitrogens with two attached hydrogens (primary N) is 1. The van der Waals surface area contributed by atoms with E-state index in [0.29, 0.717) is 48.3 Å². The molecule has 1 amide bonds. The van der Waals surface area contributed by atoms with E-state index in [2.05, 4.69) is 14.9 Å². The first-order valence-corrected chi connectivity index (χ1v) is 9.79. The van der Waals surface area contributed by atoms with Gasteiger partial charge in [0.2, 0.25) is 0 Å². The second-order valence-electron chi connectivity index (χ2n) is 7.54. The monoisotopic (exact) mass is 399 g/mol. The van der Waals surface area contributed by atoms with Crippen LogP contribution in [0.1, 0.15) is 36.5 Å². The van der Waals surface area contributed by atoms with Crippen LogP contribution in [-0.4, -0.2) is 65.1 Å². The number of methoxy groups -OCH3 is 1. The maximum atomic E-state index is 13.0. The van der Waals surface area contributed by atoms with Crippen molar-refractivity contribution >= 4 is 11.7 Å². The first kappa shape index (κ1) is 20.9. The van der Waals surface area contributed by atoms with E-state index in [1.54, 1.807) is 37.6 Å². The van der Waals surface area contributed by atoms with E-state index in [1.807, 2.05) is 25.8 Å². The molecule has 0 aliphatic carbocycles. The van der Waals surface area contributed by atoms with E-state index < -0.39 is 0 Å². The number of carbonyl (C=O) groups excluding carboxylic acids is 1. The minimum atomic E-state index is -0.00416. The molecule has 3 rings (SSSR count). The van der Waals surface area contributed by atoms with Gasteiger partial charge in [0.25, 0.3) is 5.91 Å². The van der Waals surface area contributed by atoms with Crippen molar-refractivity contribution in [2.45, 2.75) is 39.0 Å². The molecule has 0 bridgehead atoms. The molecule has 2 heterocycles. The normalized spacial score (nSPS) is 16.5. The molecule has 1 saturated heterocycles. The number of anilines is 1. The Balaban J connectivity index is 1.64. The molecular weight excluding hydrogens is 370 g/mol. The highest BCUT2D eigenvalue weighted by Crippen LogP contribution is 2.30. The predicted molar refractivity (Wildman–Crippen MR) is 111 cm³/mol. The van der Waals surface area contributed by atoms with Crippen LogP contribution in [0.5, 0.6) is 11.5 Å². The molecule has 1 fully saturated rings. The number of aromatic nitrogens is 2. The number of likely N-dealkylation sites (tertiary alicyclic amines) is 1. The summed E-state index contributed by atoms with van der Waals surface area (Å²) in [4.78, 5) is 25.5. The van der Waals surface area contributed by atoms with Crippen molar-refractivity contribution < 1.29 is 14.3 Å². The Hall–Kier alpha value is -2.87. The molecule has 1 aromatic carbocycles. The lowest BCUT2D eigenvalue weighted by Crippen LogP contribution is -2.36. The standard InChI is InChI=1S/C21H29N5O3/c1-14(2)29-17-6-5-15(11-18(17)28-4)21(27)26-10-8-16(12-26)25(3)13-20-23-9-7-19(22)24-20/h5-7,9,11,14,16H,8,10,12-13H2,1-4H3,(H2,22,23,24)/t16-/m1/s1. The van der Waals surface area contributed by atoms with Crippen molar-refractivity contribution in [1.82, 2.24) is 19.8 Å². The highest BCUT2D eigenvalue weighted by atomic mass is 16.5. The molecule has 2 N–H and O–H groups in total. The van der Waals surface area contributed by atoms with E-state index in [1.165, 1.54) is 0 Å². The third kappa shape index (κ3) is 5.14. The van der Waals surface area contributed by atoms with Crippen LogP contribution in [0.15, 0.2) is 30.5 Å². The number of likely N-dealkylation sites (N-methyl/N-ethyl adjacent to an activating group) is 1. The third-order valence-corrected chi connectivity index (χ3v) is 4.97. The minimum Gasteiger partial charge on any atom is -0.493 e. The van der Waals surface area contributed by atoms with Gasteiger partial charge in [-0.15, -0.1) is 0 Å². The lowest BCUT2D eigenvalue weighted by Gasteiger charge is -2.24. The lowest BCUT2D eigenvalue weighted by molar-refractivity contribution is 0.0779. The van der Waals surface area contributed by atoms with Crippen LogP contribution in [0.25, 0.3) is 0 Å². The highest BCUT2D eigenvalue weighted by Gasteiger charge is 2.30. The molecule has 2 aromatic rings. The van der Waals surface area contributed by atoms with Gasteiger partial charge in [-0.3, -0.25) is 9.69 Å². The van der Waals surface area contributed by atoms with Crippen LogP contribution in [-0.2, 0) is 6.54 Å². The summed E-state index contributed by atoms with van der Waals surface area (Å²) < 4.78 is 11.1. The Bertz CT molecular complexity index is 858. The molecule has 1 aliphatic rings. The summed E-state index contributed by atoms with van der Waals surface area (Å²) >= 11 is 0. The average Bonchev–Trinajstić information content (AvgIpc) is 3.17. The SMILES string of the molecule is COc1cc(C(=O)N2CC[C@@H](N(C)Cc3nccc(N)n3)C2)ccc1OC(C)C. The number of nitrogens with zero attached hydrogens (tertiary/aromatic N) is 4. The number of hydrogen-bond donors (Lipinski definition) is 1. The van der Waals surface area contributed by atoms with Crippen molar-refractivity contribution in [2.75, 3.05) is 33.0 Å². The van der Waals surface area contributed by atoms with Crippen LogP contribution >= 0.6 is 0 Å². The van der Waals surface area contributed by atoms with Gasteiger partial charge in [-0.1, -0.05) is 0 Å². The third-order valence-electron chi connectivity index (χ3n) is 4.97. The van der Waals surface area contributed by atoms with Crippen LogP contribution in [0.4, 0.5) is 5.82 Å². The van der Waals surface area contributed by atoms with Crippen LogP contribution in [0.3, 0.4) is 0 Å². The number of nitrogen functional groups attached to an aromatic ring is 1. The van der Waals surface area contributed by atoms with Gasteiger partial charge in [0, 0.05) is 30.9 Å². The van der Waals surface area contributed by atoms with Crippen molar-refractivity contribution in [2.24, 2.45) is 0 Å². The molecule has 1 atom stereocenters. The van der Waals surface area contributed by atoms with Crippen LogP contribution in [0, 0.1) is 0 Å². The molecule has 8 heteroatoms. The van der Waals surface area contributed by atoms with Crippen LogP contribution < -0.4 is 15.2 Å². The number of ether oxygens (including phenoxy) is 2. The summed E-state index contributed by atoms with van der Waals surface area (Å²) in [5.41, 5.74) is 6.33. The fourth-order valence-electron chi connectivity index (χ4n) is 3.46. The first-order chi connectivity index (χ1) is 13.9. The summed E-state index contributed by atoms with van der Waals surface area (Å²) in [6, 6.07) is 7.25. The van der Waals surface area contributed by atoms with E-state index in [9.17, 15) is 4.79 Å². The number of hydrogen-bond acceptors (Lipinski definition) is 7. The second kappa shape index (κ2) is 9.09. The predicted octanol–water partition coefficient (Wildman–Crippen LogP) is 2.20. The molecule has 156 valence electrons. The van der Waals surface area contributed by atoms with E-state index in [-0.39, 0.29) is 18.1 Å². The Morgan fingerprint density at radius 3 is 2.83 bits per heavy atom. The van der Waals surface area contributed by atoms with Crippen LogP contribution in [0.2, 0.25) is 0 Å². The largest absolute Gasteiger partial charge is 0.493 e. The van der Waals surface area contributed by atoms with Crippen molar-refractivity contribution in [3.8, 4) is 11.5 Å². The number of carbonyl (C=O) groups is 1. The second-order valence-corrected chi connectivity index (χ2v) is 7.54. The van der Waals surface area contributed by atoms with Crippen molar-refractivity contribution in [1.29, 1.82) is 0 Å². The number of benzene rings is 1. The molecule has 0 unspecified atom stereocenters. The molecule has 0 spiro atoms. The van der Waals surface area contributed by atoms with Gasteiger partial charge in [-0.25, -0.2) is 9.97 Å². The molecule has 8 nitrogen and oxygen atoms in total. The summed E-state index contributed by atoms with van der Waals surface area (Å²) in [6.07, 6.45) is 2.59. The topological polar surface area (TPSA) is 93.8 Å². The molecule has 0 radical (unpaired) electrons. The first-order valence-electron chi connectivity index (χ1n) is 9.79. The smallest absolute Gasteiger partial charge is 0.254 e. The zero-order valence-corrected chi connectivity index (χ0v) is 17.5. The fourth-order valence-corrected chi connectivity index (χ4v) is 3.46. The fraction of sp³-hybridized carbons (Fsp3) is 0.476. The zero-order chi connectivity index (χ0) is 21.0. The van der Waals surface area contributed by atoms with Gasteiger partial charge in [0.15, 0.2) is 11.5 Å². The number of amides is 1. The van der Waals surface area contributed by atoms with Gasteiger partial charge in [-0.05, 0) is 51.6 Å². The molecule has 1 aromatic heterocycles. The van der Waals surface area contributed by atoms with E-state index in [4.69, 9.17) is 15.2 Å². The average molecular weight is 399 g/mol. The van der Waals surface area contributed by atoms with Gasteiger partial charge >= 0.3 is 0 Å². The Kier molecular flexibility index (Phi) is 6.53. The summed E-state index contributed by atoms with van der Waals surface area (Å²) in [5.74, 6) is 2.35. The lowest BCUT2D eigenvalue weighted by atomic mass is 10.1. The molecule has 1 aliphatic heterocycles. The van der Waals surface area contributed by atoms with E-state index >= 15 is 0 Å². The Labute approximate surface area is 171 Å². The minimum absolute atomic E-state index is 0.00416. The van der Waals surface area contributed by atoms with Gasteiger partial charge in [0.1, 0.15) is 11.6 Å². The molecular formula is C21H29N5O3. The quantitative estimate of drug-likeness (QED) is 0.763. The Morgan fingerprint density at radius 2 is 2.14 bits per heavy atom. The summed E-state index contributed by atoms with van der Waals surface area (Å²) in [5, 5.41) is 0. The van der Waals surface area contributed by atoms with E-state index in [0.717, 1.165) is 6.42 Å². The Morgan fingerprint density at radius 1 is 1.34 bits per heavy atom. The zero-order valence-electron chi connectivity index (χ0n) is 17.5.